The van der Waals surface area contributed by atoms with Crippen molar-refractivity contribution in [2.75, 3.05) is 19.7 Å². The lowest BCUT2D eigenvalue weighted by Crippen LogP contribution is -2.53. The Balaban J connectivity index is 2.09. The number of aliphatic hydroxyl groups excluding tert-OH is 1. The molecule has 19 heavy (non-hydrogen) atoms. The molecule has 1 aliphatic heterocycles. The lowest BCUT2D eigenvalue weighted by atomic mass is 10.0. The van der Waals surface area contributed by atoms with E-state index in [-0.39, 0.29) is 18.3 Å². The predicted octanol–water partition coefficient (Wildman–Crippen LogP) is 1.94. The standard InChI is InChI=1S/C14H19F2NO2/c1-14(2)9-17(7-12(8-18)19-14)6-10-3-4-11(15)5-13(10)16/h3-5,12,18H,6-9H2,1-2H3. The Labute approximate surface area is 111 Å². The van der Waals surface area contributed by atoms with Crippen LogP contribution in [0.2, 0.25) is 0 Å². The van der Waals surface area contributed by atoms with E-state index in [1.165, 1.54) is 12.1 Å². The van der Waals surface area contributed by atoms with Gasteiger partial charge in [-0.15, -0.1) is 0 Å². The molecule has 1 unspecified atom stereocenters. The largest absolute Gasteiger partial charge is 0.394 e. The smallest absolute Gasteiger partial charge is 0.130 e. The molecule has 1 aromatic rings. The number of nitrogens with zero attached hydrogens (tertiary/aromatic N) is 1. The van der Waals surface area contributed by atoms with E-state index in [1.54, 1.807) is 0 Å². The van der Waals surface area contributed by atoms with E-state index in [0.717, 1.165) is 6.07 Å². The maximum Gasteiger partial charge on any atom is 0.130 e. The minimum absolute atomic E-state index is 0.0637. The van der Waals surface area contributed by atoms with Crippen LogP contribution < -0.4 is 0 Å². The van der Waals surface area contributed by atoms with Gasteiger partial charge in [-0.25, -0.2) is 8.78 Å². The van der Waals surface area contributed by atoms with E-state index in [9.17, 15) is 13.9 Å². The van der Waals surface area contributed by atoms with Gasteiger partial charge >= 0.3 is 0 Å². The van der Waals surface area contributed by atoms with Gasteiger partial charge in [-0.05, 0) is 19.9 Å². The topological polar surface area (TPSA) is 32.7 Å². The molecule has 1 saturated heterocycles. The van der Waals surface area contributed by atoms with Gasteiger partial charge in [0.2, 0.25) is 0 Å². The van der Waals surface area contributed by atoms with Crippen LogP contribution in [0.4, 0.5) is 8.78 Å². The molecule has 2 rings (SSSR count). The third-order valence-corrected chi connectivity index (χ3v) is 3.16. The molecular formula is C14H19F2NO2. The minimum atomic E-state index is -0.572. The molecule has 0 amide bonds. The van der Waals surface area contributed by atoms with Crippen molar-refractivity contribution in [3.8, 4) is 0 Å². The van der Waals surface area contributed by atoms with Gasteiger partial charge in [0.15, 0.2) is 0 Å². The van der Waals surface area contributed by atoms with E-state index in [1.807, 2.05) is 18.7 Å². The number of ether oxygens (including phenoxy) is 1. The zero-order valence-corrected chi connectivity index (χ0v) is 11.2. The summed E-state index contributed by atoms with van der Waals surface area (Å²) in [6.45, 7) is 5.37. The van der Waals surface area contributed by atoms with Crippen molar-refractivity contribution in [3.05, 3.63) is 35.4 Å². The van der Waals surface area contributed by atoms with Crippen LogP contribution in [0.1, 0.15) is 19.4 Å². The highest BCUT2D eigenvalue weighted by atomic mass is 19.1. The summed E-state index contributed by atoms with van der Waals surface area (Å²) in [7, 11) is 0. The fraction of sp³-hybridized carbons (Fsp3) is 0.571. The van der Waals surface area contributed by atoms with Crippen molar-refractivity contribution in [2.24, 2.45) is 0 Å². The second-order valence-electron chi connectivity index (χ2n) is 5.59. The van der Waals surface area contributed by atoms with Gasteiger partial charge in [-0.3, -0.25) is 4.90 Å². The van der Waals surface area contributed by atoms with Crippen LogP contribution in [0.3, 0.4) is 0 Å². The molecular weight excluding hydrogens is 252 g/mol. The average molecular weight is 271 g/mol. The Morgan fingerprint density at radius 2 is 2.16 bits per heavy atom. The summed E-state index contributed by atoms with van der Waals surface area (Å²) in [5, 5.41) is 9.22. The van der Waals surface area contributed by atoms with Gasteiger partial charge in [0, 0.05) is 31.3 Å². The number of rotatable bonds is 3. The zero-order chi connectivity index (χ0) is 14.0. The first kappa shape index (κ1) is 14.4. The average Bonchev–Trinajstić information content (AvgIpc) is 2.31. The number of benzene rings is 1. The maximum atomic E-state index is 13.6. The van der Waals surface area contributed by atoms with Gasteiger partial charge in [0.1, 0.15) is 11.6 Å². The molecule has 3 nitrogen and oxygen atoms in total. The molecule has 0 aromatic heterocycles. The summed E-state index contributed by atoms with van der Waals surface area (Å²) in [6.07, 6.45) is -0.271. The summed E-state index contributed by atoms with van der Waals surface area (Å²) >= 11 is 0. The molecule has 1 atom stereocenters. The third-order valence-electron chi connectivity index (χ3n) is 3.16. The monoisotopic (exact) mass is 271 g/mol. The van der Waals surface area contributed by atoms with Crippen LogP contribution in [0.15, 0.2) is 18.2 Å². The lowest BCUT2D eigenvalue weighted by Gasteiger charge is -2.42. The van der Waals surface area contributed by atoms with E-state index in [0.29, 0.717) is 25.2 Å². The molecule has 0 bridgehead atoms. The molecule has 106 valence electrons. The maximum absolute atomic E-state index is 13.6. The highest BCUT2D eigenvalue weighted by Crippen LogP contribution is 2.23. The molecule has 5 heteroatoms. The van der Waals surface area contributed by atoms with E-state index >= 15 is 0 Å². The molecule has 0 spiro atoms. The van der Waals surface area contributed by atoms with Crippen LogP contribution in [0, 0.1) is 11.6 Å². The molecule has 1 heterocycles. The SMILES string of the molecule is CC1(C)CN(Cc2ccc(F)cc2F)CC(CO)O1. The van der Waals surface area contributed by atoms with Crippen molar-refractivity contribution in [2.45, 2.75) is 32.1 Å². The van der Waals surface area contributed by atoms with Crippen LogP contribution in [0.5, 0.6) is 0 Å². The van der Waals surface area contributed by atoms with Crippen molar-refractivity contribution < 1.29 is 18.6 Å². The van der Waals surface area contributed by atoms with Gasteiger partial charge in [0.05, 0.1) is 18.3 Å². The van der Waals surface area contributed by atoms with E-state index in [2.05, 4.69) is 0 Å². The molecule has 0 saturated carbocycles. The Morgan fingerprint density at radius 3 is 2.79 bits per heavy atom. The van der Waals surface area contributed by atoms with Crippen molar-refractivity contribution in [1.29, 1.82) is 0 Å². The summed E-state index contributed by atoms with van der Waals surface area (Å²) in [5.74, 6) is -1.11. The van der Waals surface area contributed by atoms with Crippen LogP contribution in [-0.2, 0) is 11.3 Å². The first-order chi connectivity index (χ1) is 8.89. The fourth-order valence-electron chi connectivity index (χ4n) is 2.52. The van der Waals surface area contributed by atoms with Crippen molar-refractivity contribution in [3.63, 3.8) is 0 Å². The van der Waals surface area contributed by atoms with Crippen molar-refractivity contribution in [1.82, 2.24) is 4.90 Å². The summed E-state index contributed by atoms with van der Waals surface area (Å²) in [5.41, 5.74) is 0.0677. The zero-order valence-electron chi connectivity index (χ0n) is 11.2. The fourth-order valence-corrected chi connectivity index (χ4v) is 2.52. The van der Waals surface area contributed by atoms with Crippen LogP contribution >= 0.6 is 0 Å². The second-order valence-corrected chi connectivity index (χ2v) is 5.59. The Kier molecular flexibility index (Phi) is 4.18. The van der Waals surface area contributed by atoms with Gasteiger partial charge in [-0.2, -0.15) is 0 Å². The third kappa shape index (κ3) is 3.72. The predicted molar refractivity (Wildman–Crippen MR) is 67.7 cm³/mol. The van der Waals surface area contributed by atoms with Crippen LogP contribution in [-0.4, -0.2) is 41.4 Å². The molecule has 1 aromatic carbocycles. The summed E-state index contributed by atoms with van der Waals surface area (Å²) < 4.78 is 32.2. The second kappa shape index (κ2) is 5.53. The Bertz CT molecular complexity index is 451. The lowest BCUT2D eigenvalue weighted by molar-refractivity contribution is -0.150. The van der Waals surface area contributed by atoms with Gasteiger partial charge in [-0.1, -0.05) is 6.07 Å². The van der Waals surface area contributed by atoms with Gasteiger partial charge < -0.3 is 9.84 Å². The van der Waals surface area contributed by atoms with E-state index < -0.39 is 11.6 Å². The first-order valence-corrected chi connectivity index (χ1v) is 6.34. The first-order valence-electron chi connectivity index (χ1n) is 6.34. The number of halogens is 2. The normalized spacial score (nSPS) is 23.5. The number of hydrogen-bond donors (Lipinski definition) is 1. The molecule has 1 aliphatic rings. The van der Waals surface area contributed by atoms with E-state index in [4.69, 9.17) is 4.74 Å². The van der Waals surface area contributed by atoms with Crippen molar-refractivity contribution >= 4 is 0 Å². The highest BCUT2D eigenvalue weighted by molar-refractivity contribution is 5.18. The minimum Gasteiger partial charge on any atom is -0.394 e. The quantitative estimate of drug-likeness (QED) is 0.912. The molecule has 0 aliphatic carbocycles. The number of hydrogen-bond acceptors (Lipinski definition) is 3. The van der Waals surface area contributed by atoms with Crippen LogP contribution in [0.25, 0.3) is 0 Å². The summed E-state index contributed by atoms with van der Waals surface area (Å²) in [6, 6.07) is 3.61. The molecule has 0 radical (unpaired) electrons. The Morgan fingerprint density at radius 1 is 1.42 bits per heavy atom. The number of morpholine rings is 1. The molecule has 1 N–H and O–H groups in total. The number of aliphatic hydroxyl groups is 1. The van der Waals surface area contributed by atoms with Gasteiger partial charge in [0.25, 0.3) is 0 Å². The Hall–Kier alpha value is -1.04. The summed E-state index contributed by atoms with van der Waals surface area (Å²) in [4.78, 5) is 2.01. The molecule has 1 fully saturated rings. The highest BCUT2D eigenvalue weighted by Gasteiger charge is 2.33.